The molecule has 5 aromatic heterocycles. The van der Waals surface area contributed by atoms with Gasteiger partial charge in [-0.1, -0.05) is 58.0 Å². The summed E-state index contributed by atoms with van der Waals surface area (Å²) in [5.41, 5.74) is 0.155. The standard InChI is InChI=1S/C13H18ClNO3.C13H16ClNO3.C6H5ClINO.C5H3ClINO.C5H4ClNO/c2*1-13(2,3)18-12(16)8-5-9-10(17-4)6-7-11(14)15-9;1-10-4-2-3-5(7)9-6(4)8;6-4-2-1-3(9)5(7)8-4;6-5-2-1-4(8)3-7-5/h6-7H,5,8H2,1-4H3;5-8H,1-4H3;2-3H,1H3;1-2,9H;1-3,8H/b;8-5+;;;. The lowest BCUT2D eigenvalue weighted by Crippen LogP contribution is -2.24. The maximum atomic E-state index is 11.6. The number of aromatic hydroxyl groups is 2. The molecule has 63 heavy (non-hydrogen) atoms. The molecule has 0 aliphatic carbocycles. The maximum Gasteiger partial charge on any atom is 0.331 e. The van der Waals surface area contributed by atoms with Crippen LogP contribution in [0.25, 0.3) is 6.08 Å². The van der Waals surface area contributed by atoms with Gasteiger partial charge in [-0.3, -0.25) is 4.79 Å². The summed E-state index contributed by atoms with van der Waals surface area (Å²) in [6, 6.07) is 16.2. The molecule has 5 aromatic rings. The van der Waals surface area contributed by atoms with Crippen LogP contribution in [0.2, 0.25) is 25.8 Å². The summed E-state index contributed by atoms with van der Waals surface area (Å²) in [4.78, 5) is 42.6. The van der Waals surface area contributed by atoms with E-state index in [9.17, 15) is 9.59 Å². The predicted octanol–water partition coefficient (Wildman–Crippen LogP) is 12.0. The van der Waals surface area contributed by atoms with E-state index < -0.39 is 17.2 Å². The smallest absolute Gasteiger partial charge is 0.331 e. The van der Waals surface area contributed by atoms with Crippen molar-refractivity contribution in [3.05, 3.63) is 117 Å². The van der Waals surface area contributed by atoms with Crippen LogP contribution in [0.3, 0.4) is 0 Å². The lowest BCUT2D eigenvalue weighted by molar-refractivity contribution is -0.154. The van der Waals surface area contributed by atoms with Crippen molar-refractivity contribution < 1.29 is 43.5 Å². The van der Waals surface area contributed by atoms with Gasteiger partial charge >= 0.3 is 11.9 Å². The first-order chi connectivity index (χ1) is 29.4. The van der Waals surface area contributed by atoms with Crippen molar-refractivity contribution in [2.24, 2.45) is 0 Å². The quantitative estimate of drug-likeness (QED) is 0.0647. The largest absolute Gasteiger partial charge is 0.506 e. The molecule has 2 N–H and O–H groups in total. The number of rotatable bonds is 8. The fraction of sp³-hybridized carbons (Fsp3) is 0.310. The molecule has 0 saturated carbocycles. The number of hydrogen-bond donors (Lipinski definition) is 2. The summed E-state index contributed by atoms with van der Waals surface area (Å²) in [7, 11) is 4.69. The summed E-state index contributed by atoms with van der Waals surface area (Å²) >= 11 is 32.0. The number of ether oxygens (including phenoxy) is 5. The first-order valence-electron chi connectivity index (χ1n) is 18.1. The van der Waals surface area contributed by atoms with E-state index >= 15 is 0 Å². The highest BCUT2D eigenvalue weighted by atomic mass is 127. The summed E-state index contributed by atoms with van der Waals surface area (Å²) in [6.45, 7) is 10.9. The molecular weight excluding hydrogens is 1150 g/mol. The number of esters is 2. The van der Waals surface area contributed by atoms with Crippen molar-refractivity contribution in [1.29, 1.82) is 0 Å². The predicted molar refractivity (Wildman–Crippen MR) is 264 cm³/mol. The summed E-state index contributed by atoms with van der Waals surface area (Å²) in [5, 5.41) is 19.6. The number of aryl methyl sites for hydroxylation is 1. The van der Waals surface area contributed by atoms with Crippen LogP contribution in [0.5, 0.6) is 28.7 Å². The van der Waals surface area contributed by atoms with Crippen LogP contribution in [0.15, 0.2) is 72.9 Å². The molecule has 342 valence electrons. The zero-order valence-electron chi connectivity index (χ0n) is 35.6. The SMILES string of the molecule is COc1ccc(Cl)nc1/C=C/C(=O)OC(C)(C)C.COc1ccc(Cl)nc1CCC(=O)OC(C)(C)C.COc1ccc(Cl)nc1I.Oc1ccc(Cl)nc1.Oc1ccc(Cl)nc1I. The van der Waals surface area contributed by atoms with Gasteiger partial charge in [-0.2, -0.15) is 0 Å². The summed E-state index contributed by atoms with van der Waals surface area (Å²) in [6.07, 6.45) is 4.80. The lowest BCUT2D eigenvalue weighted by atomic mass is 10.1. The third-order valence-electron chi connectivity index (χ3n) is 6.47. The van der Waals surface area contributed by atoms with Crippen molar-refractivity contribution in [1.82, 2.24) is 24.9 Å². The monoisotopic (exact) mass is 1190 g/mol. The van der Waals surface area contributed by atoms with E-state index in [4.69, 9.17) is 91.9 Å². The van der Waals surface area contributed by atoms with Crippen LogP contribution in [0.1, 0.15) is 59.4 Å². The lowest BCUT2D eigenvalue weighted by Gasteiger charge is -2.19. The molecule has 0 radical (unpaired) electrons. The molecule has 0 unspecified atom stereocenters. The highest BCUT2D eigenvalue weighted by molar-refractivity contribution is 14.1. The fourth-order valence-electron chi connectivity index (χ4n) is 3.98. The Morgan fingerprint density at radius 1 is 0.619 bits per heavy atom. The summed E-state index contributed by atoms with van der Waals surface area (Å²) in [5.74, 6) is 1.53. The highest BCUT2D eigenvalue weighted by Crippen LogP contribution is 2.23. The van der Waals surface area contributed by atoms with Crippen molar-refractivity contribution >= 4 is 121 Å². The number of nitrogens with zero attached hydrogens (tertiary/aromatic N) is 5. The van der Waals surface area contributed by atoms with Crippen LogP contribution in [-0.4, -0.2) is 79.6 Å². The molecule has 0 bridgehead atoms. The second-order valence-corrected chi connectivity index (χ2v) is 17.8. The first kappa shape index (κ1) is 57.4. The molecule has 5 heterocycles. The van der Waals surface area contributed by atoms with Crippen molar-refractivity contribution in [3.8, 4) is 28.7 Å². The van der Waals surface area contributed by atoms with Crippen LogP contribution in [0.4, 0.5) is 0 Å². The summed E-state index contributed by atoms with van der Waals surface area (Å²) < 4.78 is 26.9. The fourth-order valence-corrected chi connectivity index (χ4v) is 6.09. The van der Waals surface area contributed by atoms with E-state index in [1.807, 2.05) is 43.4 Å². The average molecular weight is 1200 g/mol. The van der Waals surface area contributed by atoms with Crippen molar-refractivity contribution in [2.45, 2.75) is 65.6 Å². The zero-order valence-corrected chi connectivity index (χ0v) is 43.6. The van der Waals surface area contributed by atoms with Gasteiger partial charge in [-0.15, -0.1) is 0 Å². The van der Waals surface area contributed by atoms with Crippen LogP contribution >= 0.6 is 103 Å². The van der Waals surface area contributed by atoms with Gasteiger partial charge in [0.1, 0.15) is 73.1 Å². The van der Waals surface area contributed by atoms with Gasteiger partial charge in [-0.05, 0) is 153 Å². The Morgan fingerprint density at radius 3 is 1.56 bits per heavy atom. The molecule has 0 aromatic carbocycles. The second-order valence-electron chi connectivity index (χ2n) is 13.9. The topological polar surface area (TPSA) is 185 Å². The van der Waals surface area contributed by atoms with Crippen LogP contribution in [-0.2, 0) is 25.5 Å². The Labute approximate surface area is 419 Å². The minimum absolute atomic E-state index is 0.134. The number of carbonyl (C=O) groups is 2. The Balaban J connectivity index is 0.000000410. The zero-order chi connectivity index (χ0) is 47.9. The number of hydrogen-bond acceptors (Lipinski definition) is 14. The van der Waals surface area contributed by atoms with E-state index in [2.05, 4.69) is 47.5 Å². The Bertz CT molecular complexity index is 2230. The molecule has 0 atom stereocenters. The van der Waals surface area contributed by atoms with Crippen LogP contribution in [0, 0.1) is 7.40 Å². The van der Waals surface area contributed by atoms with Gasteiger partial charge in [0.15, 0.2) is 5.75 Å². The van der Waals surface area contributed by atoms with E-state index in [-0.39, 0.29) is 23.9 Å². The second kappa shape index (κ2) is 29.0. The minimum Gasteiger partial charge on any atom is -0.506 e. The molecule has 0 fully saturated rings. The number of halogens is 7. The molecule has 0 amide bonds. The third kappa shape index (κ3) is 26.0. The Hall–Kier alpha value is -3.66. The Morgan fingerprint density at radius 2 is 1.10 bits per heavy atom. The van der Waals surface area contributed by atoms with Crippen LogP contribution < -0.4 is 14.2 Å². The van der Waals surface area contributed by atoms with Gasteiger partial charge in [-0.25, -0.2) is 29.7 Å². The van der Waals surface area contributed by atoms with E-state index in [0.29, 0.717) is 58.8 Å². The van der Waals surface area contributed by atoms with Gasteiger partial charge in [0.25, 0.3) is 0 Å². The third-order valence-corrected chi connectivity index (χ3v) is 9.10. The van der Waals surface area contributed by atoms with Gasteiger partial charge in [0, 0.05) is 12.5 Å². The van der Waals surface area contributed by atoms with Crippen molar-refractivity contribution in [3.63, 3.8) is 0 Å². The highest BCUT2D eigenvalue weighted by Gasteiger charge is 2.17. The molecular formula is C42H46Cl5I2N5O9. The molecule has 14 nitrogen and oxygen atoms in total. The number of pyridine rings is 5. The normalized spacial score (nSPS) is 10.5. The van der Waals surface area contributed by atoms with Gasteiger partial charge < -0.3 is 33.9 Å². The minimum atomic E-state index is -0.521. The molecule has 21 heteroatoms. The molecule has 0 aliphatic heterocycles. The molecule has 0 spiro atoms. The molecule has 5 rings (SSSR count). The molecule has 0 aliphatic rings. The van der Waals surface area contributed by atoms with Gasteiger partial charge in [0.2, 0.25) is 0 Å². The average Bonchev–Trinajstić information content (AvgIpc) is 3.19. The Kier molecular flexibility index (Phi) is 26.4. The number of aromatic nitrogens is 5. The van der Waals surface area contributed by atoms with E-state index in [1.165, 1.54) is 43.7 Å². The molecule has 0 saturated heterocycles. The number of methoxy groups -OCH3 is 3. The van der Waals surface area contributed by atoms with Crippen molar-refractivity contribution in [2.75, 3.05) is 21.3 Å². The first-order valence-corrected chi connectivity index (χ1v) is 22.1. The van der Waals surface area contributed by atoms with E-state index in [1.54, 1.807) is 77.5 Å². The maximum absolute atomic E-state index is 11.6. The van der Waals surface area contributed by atoms with E-state index in [0.717, 1.165) is 9.45 Å². The van der Waals surface area contributed by atoms with Gasteiger partial charge in [0.05, 0.1) is 39.6 Å². The number of carbonyl (C=O) groups excluding carboxylic acids is 2.